The van der Waals surface area contributed by atoms with Crippen molar-refractivity contribution in [2.45, 2.75) is 13.3 Å². The number of aryl methyl sites for hydroxylation is 1. The van der Waals surface area contributed by atoms with Crippen LogP contribution in [0.2, 0.25) is 0 Å². The molecule has 78 valence electrons. The maximum absolute atomic E-state index is 11.7. The Bertz CT molecular complexity index is 400. The molecular formula is C12H14N2O. The van der Waals surface area contributed by atoms with E-state index in [1.807, 2.05) is 19.1 Å². The van der Waals surface area contributed by atoms with Gasteiger partial charge in [0.15, 0.2) is 0 Å². The van der Waals surface area contributed by atoms with E-state index in [9.17, 15) is 4.79 Å². The molecule has 1 aromatic heterocycles. The number of pyridine rings is 1. The molecule has 0 spiro atoms. The van der Waals surface area contributed by atoms with Crippen LogP contribution in [0.15, 0.2) is 31.1 Å². The minimum absolute atomic E-state index is 0.160. The molecule has 1 atom stereocenters. The van der Waals surface area contributed by atoms with Gasteiger partial charge in [-0.15, -0.1) is 6.58 Å². The normalized spacial score (nSPS) is 20.7. The monoisotopic (exact) mass is 202 g/mol. The molecule has 1 unspecified atom stereocenters. The minimum Gasteiger partial charge on any atom is -0.310 e. The lowest BCUT2D eigenvalue weighted by atomic mass is 10.1. The van der Waals surface area contributed by atoms with Crippen molar-refractivity contribution in [3.63, 3.8) is 0 Å². The first-order valence-corrected chi connectivity index (χ1v) is 5.05. The molecule has 1 aromatic rings. The molecule has 1 saturated heterocycles. The Kier molecular flexibility index (Phi) is 2.54. The Balaban J connectivity index is 2.25. The van der Waals surface area contributed by atoms with Gasteiger partial charge in [0.1, 0.15) is 0 Å². The number of hydrogen-bond donors (Lipinski definition) is 0. The quantitative estimate of drug-likeness (QED) is 0.686. The van der Waals surface area contributed by atoms with Crippen LogP contribution in [0.3, 0.4) is 0 Å². The highest BCUT2D eigenvalue weighted by Gasteiger charge is 2.28. The number of nitrogens with zero attached hydrogens (tertiary/aromatic N) is 2. The van der Waals surface area contributed by atoms with Gasteiger partial charge in [-0.1, -0.05) is 6.08 Å². The second kappa shape index (κ2) is 3.85. The van der Waals surface area contributed by atoms with Crippen LogP contribution < -0.4 is 4.90 Å². The van der Waals surface area contributed by atoms with Crippen LogP contribution in [-0.4, -0.2) is 17.4 Å². The van der Waals surface area contributed by atoms with E-state index in [2.05, 4.69) is 11.6 Å². The first-order valence-electron chi connectivity index (χ1n) is 5.05. The maximum atomic E-state index is 11.7. The Morgan fingerprint density at radius 2 is 2.40 bits per heavy atom. The lowest BCUT2D eigenvalue weighted by molar-refractivity contribution is -0.117. The summed E-state index contributed by atoms with van der Waals surface area (Å²) in [5.74, 6) is 0.435. The zero-order valence-corrected chi connectivity index (χ0v) is 8.81. The molecule has 1 amide bonds. The van der Waals surface area contributed by atoms with E-state index in [4.69, 9.17) is 0 Å². The zero-order chi connectivity index (χ0) is 10.8. The fourth-order valence-corrected chi connectivity index (χ4v) is 1.83. The number of carbonyl (C=O) groups is 1. The summed E-state index contributed by atoms with van der Waals surface area (Å²) in [6, 6.07) is 1.98. The van der Waals surface area contributed by atoms with Gasteiger partial charge >= 0.3 is 0 Å². The van der Waals surface area contributed by atoms with E-state index in [1.165, 1.54) is 0 Å². The summed E-state index contributed by atoms with van der Waals surface area (Å²) in [4.78, 5) is 17.6. The van der Waals surface area contributed by atoms with Gasteiger partial charge in [0.05, 0.1) is 11.9 Å². The average molecular weight is 202 g/mol. The second-order valence-electron chi connectivity index (χ2n) is 3.92. The summed E-state index contributed by atoms with van der Waals surface area (Å²) in [5, 5.41) is 0. The molecule has 0 radical (unpaired) electrons. The largest absolute Gasteiger partial charge is 0.310 e. The molecule has 3 nitrogen and oxygen atoms in total. The lowest BCUT2D eigenvalue weighted by Gasteiger charge is -2.15. The van der Waals surface area contributed by atoms with Crippen molar-refractivity contribution in [3.05, 3.63) is 36.7 Å². The van der Waals surface area contributed by atoms with Gasteiger partial charge < -0.3 is 4.90 Å². The summed E-state index contributed by atoms with van der Waals surface area (Å²) < 4.78 is 0. The zero-order valence-electron chi connectivity index (χ0n) is 8.81. The molecule has 0 bridgehead atoms. The van der Waals surface area contributed by atoms with Gasteiger partial charge in [0.25, 0.3) is 0 Å². The van der Waals surface area contributed by atoms with Crippen LogP contribution >= 0.6 is 0 Å². The highest BCUT2D eigenvalue weighted by Crippen LogP contribution is 2.25. The first kappa shape index (κ1) is 9.90. The topological polar surface area (TPSA) is 33.2 Å². The summed E-state index contributed by atoms with van der Waals surface area (Å²) in [7, 11) is 0. The number of carbonyl (C=O) groups excluding carboxylic acids is 1. The predicted octanol–water partition coefficient (Wildman–Crippen LogP) is 1.93. The summed E-state index contributed by atoms with van der Waals surface area (Å²) in [6.45, 7) is 6.43. The molecule has 15 heavy (non-hydrogen) atoms. The summed E-state index contributed by atoms with van der Waals surface area (Å²) in [6.07, 6.45) is 5.93. The highest BCUT2D eigenvalue weighted by molar-refractivity contribution is 5.95. The van der Waals surface area contributed by atoms with Gasteiger partial charge in [0, 0.05) is 25.1 Å². The van der Waals surface area contributed by atoms with Gasteiger partial charge in [-0.2, -0.15) is 0 Å². The van der Waals surface area contributed by atoms with Crippen LogP contribution in [0, 0.1) is 12.8 Å². The molecule has 0 aromatic carbocycles. The second-order valence-corrected chi connectivity index (χ2v) is 3.92. The molecule has 1 aliphatic heterocycles. The van der Waals surface area contributed by atoms with E-state index in [0.29, 0.717) is 6.42 Å². The third kappa shape index (κ3) is 1.91. The molecule has 0 N–H and O–H groups in total. The van der Waals surface area contributed by atoms with Crippen molar-refractivity contribution in [2.75, 3.05) is 11.4 Å². The average Bonchev–Trinajstić information content (AvgIpc) is 2.60. The highest BCUT2D eigenvalue weighted by atomic mass is 16.2. The van der Waals surface area contributed by atoms with Crippen LogP contribution in [0.1, 0.15) is 12.0 Å². The molecule has 2 rings (SSSR count). The van der Waals surface area contributed by atoms with E-state index in [0.717, 1.165) is 17.8 Å². The third-order valence-electron chi connectivity index (χ3n) is 2.66. The number of anilines is 1. The van der Waals surface area contributed by atoms with Crippen LogP contribution in [0.25, 0.3) is 0 Å². The molecule has 0 saturated carbocycles. The molecular weight excluding hydrogens is 188 g/mol. The maximum Gasteiger partial charge on any atom is 0.227 e. The third-order valence-corrected chi connectivity index (χ3v) is 2.66. The lowest BCUT2D eigenvalue weighted by Crippen LogP contribution is -2.24. The van der Waals surface area contributed by atoms with E-state index in [-0.39, 0.29) is 11.8 Å². The van der Waals surface area contributed by atoms with Gasteiger partial charge in [-0.3, -0.25) is 9.78 Å². The van der Waals surface area contributed by atoms with Gasteiger partial charge in [0.2, 0.25) is 5.91 Å². The molecule has 0 aliphatic carbocycles. The van der Waals surface area contributed by atoms with Gasteiger partial charge in [-0.05, 0) is 18.6 Å². The van der Waals surface area contributed by atoms with E-state index < -0.39 is 0 Å². The molecule has 1 aliphatic rings. The molecule has 2 heterocycles. The Hall–Kier alpha value is -1.64. The van der Waals surface area contributed by atoms with Crippen molar-refractivity contribution in [1.29, 1.82) is 0 Å². The van der Waals surface area contributed by atoms with Crippen molar-refractivity contribution in [1.82, 2.24) is 4.98 Å². The number of amides is 1. The van der Waals surface area contributed by atoms with Crippen LogP contribution in [0.4, 0.5) is 5.69 Å². The van der Waals surface area contributed by atoms with Crippen molar-refractivity contribution < 1.29 is 4.79 Å². The van der Waals surface area contributed by atoms with Gasteiger partial charge in [-0.25, -0.2) is 0 Å². The number of hydrogen-bond acceptors (Lipinski definition) is 2. The Morgan fingerprint density at radius 1 is 1.60 bits per heavy atom. The standard InChI is InChI=1S/C12H14N2O/c1-3-10-5-12(15)14(8-10)11-4-9(2)6-13-7-11/h3-4,6-7,10H,1,5,8H2,2H3. The van der Waals surface area contributed by atoms with Crippen LogP contribution in [-0.2, 0) is 4.79 Å². The fourth-order valence-electron chi connectivity index (χ4n) is 1.83. The minimum atomic E-state index is 0.160. The number of aromatic nitrogens is 1. The molecule has 1 fully saturated rings. The van der Waals surface area contributed by atoms with Crippen molar-refractivity contribution in [3.8, 4) is 0 Å². The van der Waals surface area contributed by atoms with Crippen molar-refractivity contribution >= 4 is 11.6 Å². The SMILES string of the molecule is C=CC1CC(=O)N(c2cncc(C)c2)C1. The Labute approximate surface area is 89.4 Å². The van der Waals surface area contributed by atoms with Crippen LogP contribution in [0.5, 0.6) is 0 Å². The van der Waals surface area contributed by atoms with E-state index >= 15 is 0 Å². The molecule has 3 heteroatoms. The first-order chi connectivity index (χ1) is 7.20. The van der Waals surface area contributed by atoms with Crippen molar-refractivity contribution in [2.24, 2.45) is 5.92 Å². The Morgan fingerprint density at radius 3 is 3.00 bits per heavy atom. The van der Waals surface area contributed by atoms with E-state index in [1.54, 1.807) is 17.3 Å². The predicted molar refractivity (Wildman–Crippen MR) is 59.6 cm³/mol. The summed E-state index contributed by atoms with van der Waals surface area (Å²) in [5.41, 5.74) is 1.96. The summed E-state index contributed by atoms with van der Waals surface area (Å²) >= 11 is 0. The fraction of sp³-hybridized carbons (Fsp3) is 0.333. The smallest absolute Gasteiger partial charge is 0.227 e. The number of rotatable bonds is 2.